The Bertz CT molecular complexity index is 905. The predicted octanol–water partition coefficient (Wildman–Crippen LogP) is 4.11. The molecule has 0 spiro atoms. The van der Waals surface area contributed by atoms with Gasteiger partial charge in [-0.2, -0.15) is 0 Å². The number of rotatable bonds is 6. The van der Waals surface area contributed by atoms with Gasteiger partial charge in [-0.05, 0) is 67.9 Å². The van der Waals surface area contributed by atoms with Crippen molar-refractivity contribution >= 4 is 5.97 Å². The summed E-state index contributed by atoms with van der Waals surface area (Å²) in [7, 11) is 1.61. The lowest BCUT2D eigenvalue weighted by molar-refractivity contribution is -0.177. The van der Waals surface area contributed by atoms with E-state index in [4.69, 9.17) is 14.0 Å². The molecule has 1 aromatic carbocycles. The minimum Gasteiger partial charge on any atom is -0.496 e. The minimum atomic E-state index is -0.557. The van der Waals surface area contributed by atoms with E-state index in [9.17, 15) is 9.90 Å². The minimum absolute atomic E-state index is 0.0637. The molecule has 4 aliphatic carbocycles. The molecule has 6 nitrogen and oxygen atoms in total. The Morgan fingerprint density at radius 1 is 1.24 bits per heavy atom. The van der Waals surface area contributed by atoms with E-state index in [1.165, 1.54) is 6.42 Å². The molecular weight excluding hydrogens is 370 g/mol. The first kappa shape index (κ1) is 18.7. The summed E-state index contributed by atoms with van der Waals surface area (Å²) in [5, 5.41) is 14.9. The second-order valence-electron chi connectivity index (χ2n) is 9.40. The second-order valence-corrected chi connectivity index (χ2v) is 9.40. The molecule has 2 aromatic rings. The van der Waals surface area contributed by atoms with Crippen LogP contribution < -0.4 is 4.74 Å². The third kappa shape index (κ3) is 3.54. The third-order valence-electron chi connectivity index (χ3n) is 6.99. The van der Waals surface area contributed by atoms with Crippen molar-refractivity contribution in [2.45, 2.75) is 57.2 Å². The van der Waals surface area contributed by atoms with Gasteiger partial charge in [0, 0.05) is 11.6 Å². The van der Waals surface area contributed by atoms with E-state index < -0.39 is 5.60 Å². The molecule has 0 aliphatic heterocycles. The predicted molar refractivity (Wildman–Crippen MR) is 105 cm³/mol. The first-order valence-electron chi connectivity index (χ1n) is 10.4. The van der Waals surface area contributed by atoms with E-state index in [0.717, 1.165) is 37.7 Å². The fourth-order valence-electron chi connectivity index (χ4n) is 6.48. The highest BCUT2D eigenvalue weighted by Crippen LogP contribution is 2.62. The third-order valence-corrected chi connectivity index (χ3v) is 6.99. The van der Waals surface area contributed by atoms with Crippen LogP contribution in [0, 0.1) is 17.3 Å². The van der Waals surface area contributed by atoms with Crippen LogP contribution in [-0.4, -0.2) is 28.9 Å². The van der Waals surface area contributed by atoms with E-state index in [1.807, 2.05) is 24.3 Å². The van der Waals surface area contributed by atoms with Gasteiger partial charge >= 0.3 is 5.97 Å². The van der Waals surface area contributed by atoms with Crippen LogP contribution in [0.5, 0.6) is 5.75 Å². The van der Waals surface area contributed by atoms with E-state index >= 15 is 0 Å². The van der Waals surface area contributed by atoms with Gasteiger partial charge in [-0.25, -0.2) is 0 Å². The summed E-state index contributed by atoms with van der Waals surface area (Å²) < 4.78 is 16.2. The zero-order valence-corrected chi connectivity index (χ0v) is 16.7. The number of nitrogens with zero attached hydrogens (tertiary/aromatic N) is 1. The van der Waals surface area contributed by atoms with Crippen LogP contribution in [0.3, 0.4) is 0 Å². The van der Waals surface area contributed by atoms with Crippen molar-refractivity contribution in [2.75, 3.05) is 7.11 Å². The largest absolute Gasteiger partial charge is 0.496 e. The number of carbonyl (C=O) groups is 1. The van der Waals surface area contributed by atoms with Crippen molar-refractivity contribution in [1.82, 2.24) is 5.16 Å². The number of ether oxygens (including phenoxy) is 2. The number of hydrogen-bond acceptors (Lipinski definition) is 6. The topological polar surface area (TPSA) is 81.8 Å². The Morgan fingerprint density at radius 2 is 2.00 bits per heavy atom. The van der Waals surface area contributed by atoms with Crippen molar-refractivity contribution in [2.24, 2.45) is 17.3 Å². The van der Waals surface area contributed by atoms with E-state index in [1.54, 1.807) is 13.2 Å². The maximum absolute atomic E-state index is 12.6. The Morgan fingerprint density at radius 3 is 2.72 bits per heavy atom. The van der Waals surface area contributed by atoms with Gasteiger partial charge in [0.1, 0.15) is 11.4 Å². The molecule has 1 N–H and O–H groups in total. The van der Waals surface area contributed by atoms with E-state index in [-0.39, 0.29) is 18.0 Å². The molecule has 4 aliphatic rings. The average Bonchev–Trinajstić information content (AvgIpc) is 3.13. The van der Waals surface area contributed by atoms with Crippen molar-refractivity contribution in [3.63, 3.8) is 0 Å². The van der Waals surface area contributed by atoms with Gasteiger partial charge in [0.15, 0.2) is 12.4 Å². The quantitative estimate of drug-likeness (QED) is 0.739. The molecule has 0 saturated heterocycles. The molecular formula is C23H27NO5. The Kier molecular flexibility index (Phi) is 4.42. The first-order valence-corrected chi connectivity index (χ1v) is 10.4. The molecule has 1 aromatic heterocycles. The highest BCUT2D eigenvalue weighted by Gasteiger charge is 2.57. The monoisotopic (exact) mass is 397 g/mol. The summed E-state index contributed by atoms with van der Waals surface area (Å²) in [6.07, 6.45) is 6.23. The van der Waals surface area contributed by atoms with Gasteiger partial charge in [0.05, 0.1) is 19.1 Å². The van der Waals surface area contributed by atoms with Crippen molar-refractivity contribution in [3.05, 3.63) is 36.1 Å². The zero-order valence-electron chi connectivity index (χ0n) is 16.7. The summed E-state index contributed by atoms with van der Waals surface area (Å²) in [5.74, 6) is 2.12. The molecule has 6 heteroatoms. The molecule has 0 radical (unpaired) electrons. The number of para-hydroxylation sites is 1. The molecule has 2 unspecified atom stereocenters. The number of benzene rings is 1. The van der Waals surface area contributed by atoms with Gasteiger partial charge in [0.2, 0.25) is 0 Å². The van der Waals surface area contributed by atoms with Crippen LogP contribution in [0.15, 0.2) is 34.9 Å². The first-order chi connectivity index (χ1) is 14.0. The van der Waals surface area contributed by atoms with Gasteiger partial charge in [-0.15, -0.1) is 0 Å². The van der Waals surface area contributed by atoms with Crippen molar-refractivity contribution < 1.29 is 23.9 Å². The maximum Gasteiger partial charge on any atom is 0.306 e. The number of aliphatic hydroxyl groups is 1. The second kappa shape index (κ2) is 6.87. The fourth-order valence-corrected chi connectivity index (χ4v) is 6.48. The standard InChI is InChI=1S/C23H27NO5/c1-27-20-5-3-2-4-18(20)19-7-17(29-24-19)13-28-21(25)12-22-8-15-6-16(9-22)11-23(26,10-15)14-22/h2-5,7,15-16,26H,6,8-14H2,1H3. The number of carbonyl (C=O) groups excluding carboxylic acids is 1. The number of methoxy groups -OCH3 is 1. The van der Waals surface area contributed by atoms with E-state index in [0.29, 0.717) is 35.5 Å². The molecule has 6 rings (SSSR count). The van der Waals surface area contributed by atoms with Gasteiger partial charge in [-0.3, -0.25) is 4.79 Å². The average molecular weight is 397 g/mol. The van der Waals surface area contributed by atoms with Gasteiger partial charge < -0.3 is 19.1 Å². The van der Waals surface area contributed by atoms with Crippen LogP contribution in [0.25, 0.3) is 11.3 Å². The summed E-state index contributed by atoms with van der Waals surface area (Å²) in [4.78, 5) is 12.6. The fraction of sp³-hybridized carbons (Fsp3) is 0.565. The van der Waals surface area contributed by atoms with Crippen LogP contribution in [0.1, 0.15) is 50.7 Å². The molecule has 4 saturated carbocycles. The van der Waals surface area contributed by atoms with E-state index in [2.05, 4.69) is 5.16 Å². The summed E-state index contributed by atoms with van der Waals surface area (Å²) >= 11 is 0. The smallest absolute Gasteiger partial charge is 0.306 e. The van der Waals surface area contributed by atoms with Gasteiger partial charge in [0.25, 0.3) is 0 Å². The normalized spacial score (nSPS) is 32.3. The molecule has 154 valence electrons. The molecule has 2 atom stereocenters. The SMILES string of the molecule is COc1ccccc1-c1cc(COC(=O)CC23CC4CC(CC(O)(C4)C2)C3)on1. The molecule has 29 heavy (non-hydrogen) atoms. The number of hydrogen-bond donors (Lipinski definition) is 1. The summed E-state index contributed by atoms with van der Waals surface area (Å²) in [6.45, 7) is 0.0637. The molecule has 0 amide bonds. The van der Waals surface area contributed by atoms with Crippen LogP contribution in [0.2, 0.25) is 0 Å². The highest BCUT2D eigenvalue weighted by molar-refractivity contribution is 5.70. The molecule has 1 heterocycles. The summed E-state index contributed by atoms with van der Waals surface area (Å²) in [5.41, 5.74) is 0.841. The van der Waals surface area contributed by atoms with Crippen LogP contribution in [0.4, 0.5) is 0 Å². The lowest BCUT2D eigenvalue weighted by Crippen LogP contribution is -2.56. The highest BCUT2D eigenvalue weighted by atomic mass is 16.5. The lowest BCUT2D eigenvalue weighted by atomic mass is 9.47. The van der Waals surface area contributed by atoms with Crippen molar-refractivity contribution in [3.8, 4) is 17.0 Å². The van der Waals surface area contributed by atoms with Crippen molar-refractivity contribution in [1.29, 1.82) is 0 Å². The number of aromatic nitrogens is 1. The summed E-state index contributed by atoms with van der Waals surface area (Å²) in [6, 6.07) is 9.35. The molecule has 4 fully saturated rings. The zero-order chi connectivity index (χ0) is 20.1. The molecule has 4 bridgehead atoms. The number of esters is 1. The Hall–Kier alpha value is -2.34. The van der Waals surface area contributed by atoms with Gasteiger partial charge in [-0.1, -0.05) is 17.3 Å². The lowest BCUT2D eigenvalue weighted by Gasteiger charge is -2.60. The maximum atomic E-state index is 12.6. The van der Waals surface area contributed by atoms with Crippen LogP contribution in [-0.2, 0) is 16.1 Å². The van der Waals surface area contributed by atoms with Crippen LogP contribution >= 0.6 is 0 Å². The Balaban J connectivity index is 1.22. The Labute approximate surface area is 170 Å².